The van der Waals surface area contributed by atoms with E-state index in [0.717, 1.165) is 38.4 Å². The summed E-state index contributed by atoms with van der Waals surface area (Å²) in [6, 6.07) is 19.7. The molecule has 1 aromatic heterocycles. The van der Waals surface area contributed by atoms with Crippen molar-refractivity contribution in [1.29, 1.82) is 0 Å². The minimum atomic E-state index is 0. The van der Waals surface area contributed by atoms with Crippen molar-refractivity contribution in [3.8, 4) is 0 Å². The first kappa shape index (κ1) is 39.2. The Kier molecular flexibility index (Phi) is 18.6. The molecule has 0 aliphatic carbocycles. The van der Waals surface area contributed by atoms with Gasteiger partial charge in [-0.05, 0) is 58.1 Å². The molecule has 0 aliphatic rings. The number of nitrogens with zero attached hydrogens (tertiary/aromatic N) is 2. The minimum Gasteiger partial charge on any atom is -1.00 e. The van der Waals surface area contributed by atoms with E-state index in [1.165, 1.54) is 33.6 Å². The summed E-state index contributed by atoms with van der Waals surface area (Å²) in [6.45, 7) is 22.8. The number of aromatic nitrogens is 1. The van der Waals surface area contributed by atoms with Crippen LogP contribution in [0.1, 0.15) is 107 Å². The van der Waals surface area contributed by atoms with Crippen molar-refractivity contribution in [2.45, 2.75) is 85.6 Å². The van der Waals surface area contributed by atoms with Gasteiger partial charge in [0.2, 0.25) is 0 Å². The van der Waals surface area contributed by atoms with Gasteiger partial charge in [0.05, 0.1) is 5.69 Å². The van der Waals surface area contributed by atoms with E-state index >= 15 is 0 Å². The molecule has 3 aromatic rings. The number of rotatable bonds is 14. The summed E-state index contributed by atoms with van der Waals surface area (Å²) < 4.78 is 0. The number of hydrogen-bond acceptors (Lipinski definition) is 4. The van der Waals surface area contributed by atoms with Gasteiger partial charge in [-0.3, -0.25) is 9.88 Å². The average molecular weight is 645 g/mol. The van der Waals surface area contributed by atoms with Gasteiger partial charge in [-0.2, -0.15) is 0 Å². The molecule has 0 bridgehead atoms. The van der Waals surface area contributed by atoms with Crippen LogP contribution in [0.4, 0.5) is 11.4 Å². The smallest absolute Gasteiger partial charge is 1.00 e. The second kappa shape index (κ2) is 19.4. The number of halogens is 2. The van der Waals surface area contributed by atoms with Gasteiger partial charge in [0.15, 0.2) is 0 Å². The van der Waals surface area contributed by atoms with Crippen molar-refractivity contribution in [2.75, 3.05) is 36.8 Å². The van der Waals surface area contributed by atoms with Crippen LogP contribution in [0.2, 0.25) is 0 Å². The van der Waals surface area contributed by atoms with Crippen molar-refractivity contribution >= 4 is 11.4 Å². The normalized spacial score (nSPS) is 11.0. The topological polar surface area (TPSA) is 40.2 Å². The molecule has 0 unspecified atom stereocenters. The van der Waals surface area contributed by atoms with Crippen LogP contribution < -0.4 is 35.4 Å². The van der Waals surface area contributed by atoms with Crippen LogP contribution in [-0.4, -0.2) is 36.1 Å². The Morgan fingerprint density at radius 1 is 0.585 bits per heavy atom. The first-order valence-corrected chi connectivity index (χ1v) is 14.5. The molecular weight excluding hydrogens is 594 g/mol. The van der Waals surface area contributed by atoms with Crippen LogP contribution in [0.25, 0.3) is 0 Å². The van der Waals surface area contributed by atoms with E-state index in [9.17, 15) is 0 Å². The zero-order chi connectivity index (χ0) is 27.7. The quantitative estimate of drug-likeness (QED) is 0.284. The molecule has 41 heavy (non-hydrogen) atoms. The molecule has 0 spiro atoms. The molecule has 2 aromatic carbocycles. The molecule has 1 radical (unpaired) electrons. The number of benzene rings is 2. The maximum absolute atomic E-state index is 4.62. The van der Waals surface area contributed by atoms with Crippen LogP contribution in [0.3, 0.4) is 0 Å². The third kappa shape index (κ3) is 11.4. The minimum absolute atomic E-state index is 0. The predicted molar refractivity (Wildman–Crippen MR) is 166 cm³/mol. The number of para-hydroxylation sites is 2. The monoisotopic (exact) mass is 643 g/mol. The number of hydrogen-bond donors (Lipinski definition) is 2. The Hall–Kier alpha value is -1.76. The van der Waals surface area contributed by atoms with Gasteiger partial charge in [0.1, 0.15) is 0 Å². The fourth-order valence-electron chi connectivity index (χ4n) is 5.18. The van der Waals surface area contributed by atoms with Gasteiger partial charge < -0.3 is 35.4 Å². The molecular formula is C34H50Cl2CoN4. The summed E-state index contributed by atoms with van der Waals surface area (Å²) in [5.41, 5.74) is 9.37. The number of anilines is 2. The molecule has 0 saturated carbocycles. The zero-order valence-electron chi connectivity index (χ0n) is 26.1. The second-order valence-electron chi connectivity index (χ2n) is 11.7. The van der Waals surface area contributed by atoms with Crippen molar-refractivity contribution in [3.05, 3.63) is 88.7 Å². The van der Waals surface area contributed by atoms with Gasteiger partial charge in [0, 0.05) is 50.3 Å². The van der Waals surface area contributed by atoms with E-state index in [0.29, 0.717) is 23.7 Å². The van der Waals surface area contributed by atoms with E-state index in [1.54, 1.807) is 0 Å². The van der Waals surface area contributed by atoms with Crippen molar-refractivity contribution in [1.82, 2.24) is 9.88 Å². The van der Waals surface area contributed by atoms with Gasteiger partial charge in [0.25, 0.3) is 0 Å². The molecule has 2 N–H and O–H groups in total. The molecule has 229 valence electrons. The van der Waals surface area contributed by atoms with Crippen molar-refractivity contribution in [2.24, 2.45) is 0 Å². The summed E-state index contributed by atoms with van der Waals surface area (Å²) in [7, 11) is 0. The predicted octanol–water partition coefficient (Wildman–Crippen LogP) is 2.61. The molecule has 7 heteroatoms. The first-order valence-electron chi connectivity index (χ1n) is 14.5. The summed E-state index contributed by atoms with van der Waals surface area (Å²) in [5, 5.41) is 7.67. The summed E-state index contributed by atoms with van der Waals surface area (Å²) >= 11 is 0. The Labute approximate surface area is 272 Å². The van der Waals surface area contributed by atoms with E-state index in [4.69, 9.17) is 0 Å². The Bertz CT molecular complexity index is 1010. The maximum atomic E-state index is 4.62. The first-order chi connectivity index (χ1) is 18.2. The van der Waals surface area contributed by atoms with E-state index in [-0.39, 0.29) is 41.6 Å². The van der Waals surface area contributed by atoms with E-state index in [2.05, 4.69) is 124 Å². The molecule has 0 fully saturated rings. The van der Waals surface area contributed by atoms with Crippen LogP contribution in [-0.2, 0) is 23.3 Å². The summed E-state index contributed by atoms with van der Waals surface area (Å²) in [5.74, 6) is 1.95. The fourth-order valence-corrected chi connectivity index (χ4v) is 5.18. The third-order valence-corrected chi connectivity index (χ3v) is 7.32. The van der Waals surface area contributed by atoms with Crippen molar-refractivity contribution in [3.63, 3.8) is 0 Å². The Morgan fingerprint density at radius 3 is 1.29 bits per heavy atom. The van der Waals surface area contributed by atoms with Crippen LogP contribution in [0.15, 0.2) is 60.8 Å². The third-order valence-electron chi connectivity index (χ3n) is 7.32. The number of nitrogens with one attached hydrogen (secondary N) is 2. The van der Waals surface area contributed by atoms with Crippen LogP contribution in [0.5, 0.6) is 0 Å². The molecule has 4 nitrogen and oxygen atoms in total. The molecule has 1 heterocycles. The van der Waals surface area contributed by atoms with E-state index < -0.39 is 0 Å². The summed E-state index contributed by atoms with van der Waals surface area (Å²) in [4.78, 5) is 7.13. The van der Waals surface area contributed by atoms with Gasteiger partial charge >= 0.3 is 16.8 Å². The number of pyridine rings is 1. The molecule has 0 atom stereocenters. The maximum Gasteiger partial charge on any atom is 2.00 e. The largest absolute Gasteiger partial charge is 2.00 e. The molecule has 0 amide bonds. The fraction of sp³-hybridized carbons (Fsp3) is 0.500. The standard InChI is InChI=1S/C34H50N4.2ClH.Co/c1-24(2)29-14-11-15-30(25(3)4)33(29)36-19-21-38(23-28-13-9-10-18-35-28)22-20-37-34-31(26(5)6)16-12-17-32(34)27(7)8;;;/h9-18,24-27,36-37H,19-23H2,1-8H3;2*1H;/q;;;+2/p-2. The SMILES string of the molecule is CC(C)c1cccc(C(C)C)c1NCCN(CCNc1c(C(C)C)cccc1C(C)C)Cc1ccccn1.[Cl-].[Cl-].[Co+2]. The van der Waals surface area contributed by atoms with Gasteiger partial charge in [-0.1, -0.05) is 97.9 Å². The Balaban J connectivity index is 0.00000533. The molecule has 0 saturated heterocycles. The second-order valence-corrected chi connectivity index (χ2v) is 11.7. The van der Waals surface area contributed by atoms with Crippen LogP contribution >= 0.6 is 0 Å². The average Bonchev–Trinajstić information content (AvgIpc) is 2.88. The molecule has 0 aliphatic heterocycles. The van der Waals surface area contributed by atoms with Crippen LogP contribution in [0, 0.1) is 0 Å². The Morgan fingerprint density at radius 2 is 0.976 bits per heavy atom. The summed E-state index contributed by atoms with van der Waals surface area (Å²) in [6.07, 6.45) is 1.89. The van der Waals surface area contributed by atoms with Gasteiger partial charge in [-0.15, -0.1) is 0 Å². The molecule has 3 rings (SSSR count). The zero-order valence-corrected chi connectivity index (χ0v) is 28.7. The van der Waals surface area contributed by atoms with Gasteiger partial charge in [-0.25, -0.2) is 0 Å². The van der Waals surface area contributed by atoms with Crippen molar-refractivity contribution < 1.29 is 41.6 Å². The van der Waals surface area contributed by atoms with E-state index in [1.807, 2.05) is 12.3 Å².